The van der Waals surface area contributed by atoms with Crippen LogP contribution in [0, 0.1) is 11.8 Å². The first-order valence-corrected chi connectivity index (χ1v) is 7.51. The number of carbonyl (C=O) groups excluding carboxylic acids is 1. The van der Waals surface area contributed by atoms with E-state index in [2.05, 4.69) is 5.32 Å². The molecule has 0 radical (unpaired) electrons. The van der Waals surface area contributed by atoms with E-state index in [1.165, 1.54) is 0 Å². The number of methoxy groups -OCH3 is 1. The van der Waals surface area contributed by atoms with Crippen molar-refractivity contribution in [1.82, 2.24) is 0 Å². The number of rotatable bonds is 6. The summed E-state index contributed by atoms with van der Waals surface area (Å²) >= 11 is 0. The second-order valence-electron chi connectivity index (χ2n) is 5.32. The second kappa shape index (κ2) is 7.31. The zero-order valence-corrected chi connectivity index (χ0v) is 12.7. The molecule has 5 nitrogen and oxygen atoms in total. The summed E-state index contributed by atoms with van der Waals surface area (Å²) in [6, 6.07) is 5.42. The van der Waals surface area contributed by atoms with Crippen molar-refractivity contribution in [1.29, 1.82) is 0 Å². The van der Waals surface area contributed by atoms with Gasteiger partial charge in [0.25, 0.3) is 0 Å². The Balaban J connectivity index is 2.08. The Bertz CT molecular complexity index is 490. The summed E-state index contributed by atoms with van der Waals surface area (Å²) in [5, 5.41) is 2.97. The monoisotopic (exact) mass is 292 g/mol. The van der Waals surface area contributed by atoms with E-state index < -0.39 is 0 Å². The van der Waals surface area contributed by atoms with Crippen LogP contribution < -0.4 is 20.5 Å². The number of nitrogens with two attached hydrogens (primary N) is 1. The van der Waals surface area contributed by atoms with Gasteiger partial charge in [-0.2, -0.15) is 0 Å². The topological polar surface area (TPSA) is 73.6 Å². The average Bonchev–Trinajstić information content (AvgIpc) is 2.96. The van der Waals surface area contributed by atoms with Gasteiger partial charge < -0.3 is 20.5 Å². The lowest BCUT2D eigenvalue weighted by atomic mass is 9.95. The van der Waals surface area contributed by atoms with Gasteiger partial charge in [0.05, 0.1) is 13.7 Å². The van der Waals surface area contributed by atoms with Crippen molar-refractivity contribution in [2.24, 2.45) is 17.6 Å². The maximum absolute atomic E-state index is 12.4. The van der Waals surface area contributed by atoms with Gasteiger partial charge in [0, 0.05) is 17.7 Å². The molecule has 3 N–H and O–H groups in total. The van der Waals surface area contributed by atoms with Gasteiger partial charge in [-0.3, -0.25) is 4.79 Å². The first kappa shape index (κ1) is 15.6. The highest BCUT2D eigenvalue weighted by Crippen LogP contribution is 2.33. The third-order valence-corrected chi connectivity index (χ3v) is 4.03. The summed E-state index contributed by atoms with van der Waals surface area (Å²) < 4.78 is 10.8. The highest BCUT2D eigenvalue weighted by atomic mass is 16.5. The zero-order chi connectivity index (χ0) is 15.2. The van der Waals surface area contributed by atoms with E-state index in [1.807, 2.05) is 13.0 Å². The van der Waals surface area contributed by atoms with Crippen LogP contribution in [0.15, 0.2) is 18.2 Å². The van der Waals surface area contributed by atoms with Gasteiger partial charge in [-0.05, 0) is 44.4 Å². The van der Waals surface area contributed by atoms with Crippen molar-refractivity contribution < 1.29 is 14.3 Å². The molecule has 0 spiro atoms. The average molecular weight is 292 g/mol. The van der Waals surface area contributed by atoms with E-state index >= 15 is 0 Å². The summed E-state index contributed by atoms with van der Waals surface area (Å²) in [4.78, 5) is 12.4. The Hall–Kier alpha value is -1.75. The Morgan fingerprint density at radius 3 is 2.86 bits per heavy atom. The molecule has 1 fully saturated rings. The molecule has 1 aromatic carbocycles. The molecule has 2 unspecified atom stereocenters. The molecule has 0 aromatic heterocycles. The standard InChI is InChI=1S/C16H24N2O3/c1-3-21-15-9-12(7-8-14(15)20-2)18-16(19)13-6-4-5-11(13)10-17/h7-9,11,13H,3-6,10,17H2,1-2H3,(H,18,19). The first-order chi connectivity index (χ1) is 10.2. The number of amides is 1. The van der Waals surface area contributed by atoms with E-state index in [1.54, 1.807) is 19.2 Å². The van der Waals surface area contributed by atoms with Gasteiger partial charge in [-0.1, -0.05) is 6.42 Å². The fourth-order valence-electron chi connectivity index (χ4n) is 2.92. The third-order valence-electron chi connectivity index (χ3n) is 4.03. The normalized spacial score (nSPS) is 21.1. The minimum Gasteiger partial charge on any atom is -0.493 e. The lowest BCUT2D eigenvalue weighted by Crippen LogP contribution is -2.29. The van der Waals surface area contributed by atoms with Crippen LogP contribution in [0.4, 0.5) is 5.69 Å². The van der Waals surface area contributed by atoms with Gasteiger partial charge in [0.15, 0.2) is 11.5 Å². The van der Waals surface area contributed by atoms with E-state index in [9.17, 15) is 4.79 Å². The number of benzene rings is 1. The second-order valence-corrected chi connectivity index (χ2v) is 5.32. The number of nitrogens with one attached hydrogen (secondary N) is 1. The number of carbonyl (C=O) groups is 1. The van der Waals surface area contributed by atoms with Crippen LogP contribution in [0.5, 0.6) is 11.5 Å². The summed E-state index contributed by atoms with van der Waals surface area (Å²) in [7, 11) is 1.60. The summed E-state index contributed by atoms with van der Waals surface area (Å²) in [6.07, 6.45) is 3.04. The summed E-state index contributed by atoms with van der Waals surface area (Å²) in [5.74, 6) is 1.67. The molecule has 5 heteroatoms. The van der Waals surface area contributed by atoms with Gasteiger partial charge >= 0.3 is 0 Å². The molecule has 2 atom stereocenters. The molecule has 0 heterocycles. The van der Waals surface area contributed by atoms with Crippen molar-refractivity contribution in [3.05, 3.63) is 18.2 Å². The van der Waals surface area contributed by atoms with Crippen LogP contribution in [-0.2, 0) is 4.79 Å². The molecule has 1 amide bonds. The molecule has 0 aliphatic heterocycles. The van der Waals surface area contributed by atoms with E-state index in [0.29, 0.717) is 30.6 Å². The van der Waals surface area contributed by atoms with Crippen molar-refractivity contribution in [3.63, 3.8) is 0 Å². The molecule has 1 saturated carbocycles. The molecule has 0 bridgehead atoms. The summed E-state index contributed by atoms with van der Waals surface area (Å²) in [6.45, 7) is 3.03. The van der Waals surface area contributed by atoms with Gasteiger partial charge in [0.2, 0.25) is 5.91 Å². The predicted molar refractivity (Wildman–Crippen MR) is 82.7 cm³/mol. The molecule has 0 saturated heterocycles. The van der Waals surface area contributed by atoms with Crippen molar-refractivity contribution >= 4 is 11.6 Å². The maximum Gasteiger partial charge on any atom is 0.227 e. The SMILES string of the molecule is CCOc1cc(NC(=O)C2CCCC2CN)ccc1OC. The van der Waals surface area contributed by atoms with Crippen LogP contribution in [0.3, 0.4) is 0 Å². The highest BCUT2D eigenvalue weighted by Gasteiger charge is 2.31. The highest BCUT2D eigenvalue weighted by molar-refractivity contribution is 5.93. The fourth-order valence-corrected chi connectivity index (χ4v) is 2.92. The van der Waals surface area contributed by atoms with Crippen LogP contribution >= 0.6 is 0 Å². The molecule has 1 aliphatic carbocycles. The van der Waals surface area contributed by atoms with E-state index in [-0.39, 0.29) is 11.8 Å². The molecule has 2 rings (SSSR count). The number of ether oxygens (including phenoxy) is 2. The minimum atomic E-state index is 0.0210. The molecule has 1 aliphatic rings. The Labute approximate surface area is 125 Å². The number of hydrogen-bond acceptors (Lipinski definition) is 4. The molecule has 21 heavy (non-hydrogen) atoms. The van der Waals surface area contributed by atoms with Crippen molar-refractivity contribution in [2.75, 3.05) is 25.6 Å². The number of hydrogen-bond donors (Lipinski definition) is 2. The lowest BCUT2D eigenvalue weighted by Gasteiger charge is -2.18. The van der Waals surface area contributed by atoms with Gasteiger partial charge in [-0.15, -0.1) is 0 Å². The Morgan fingerprint density at radius 2 is 2.19 bits per heavy atom. The van der Waals surface area contributed by atoms with Crippen molar-refractivity contribution in [3.8, 4) is 11.5 Å². The molecule has 1 aromatic rings. The molecular formula is C16H24N2O3. The summed E-state index contributed by atoms with van der Waals surface area (Å²) in [5.41, 5.74) is 6.47. The van der Waals surface area contributed by atoms with Crippen molar-refractivity contribution in [2.45, 2.75) is 26.2 Å². The molecule has 116 valence electrons. The largest absolute Gasteiger partial charge is 0.493 e. The Morgan fingerprint density at radius 1 is 1.38 bits per heavy atom. The van der Waals surface area contributed by atoms with Gasteiger partial charge in [-0.25, -0.2) is 0 Å². The van der Waals surface area contributed by atoms with Crippen LogP contribution in [-0.4, -0.2) is 26.2 Å². The number of anilines is 1. The van der Waals surface area contributed by atoms with Gasteiger partial charge in [0.1, 0.15) is 0 Å². The van der Waals surface area contributed by atoms with E-state index in [4.69, 9.17) is 15.2 Å². The molecular weight excluding hydrogens is 268 g/mol. The zero-order valence-electron chi connectivity index (χ0n) is 12.7. The fraction of sp³-hybridized carbons (Fsp3) is 0.562. The Kier molecular flexibility index (Phi) is 5.44. The van der Waals surface area contributed by atoms with Crippen LogP contribution in [0.1, 0.15) is 26.2 Å². The maximum atomic E-state index is 12.4. The third kappa shape index (κ3) is 3.67. The van der Waals surface area contributed by atoms with Crippen LogP contribution in [0.25, 0.3) is 0 Å². The predicted octanol–water partition coefficient (Wildman–Crippen LogP) is 2.41. The first-order valence-electron chi connectivity index (χ1n) is 7.51. The van der Waals surface area contributed by atoms with E-state index in [0.717, 1.165) is 24.9 Å². The van der Waals surface area contributed by atoms with Crippen LogP contribution in [0.2, 0.25) is 0 Å². The minimum absolute atomic E-state index is 0.0210. The quantitative estimate of drug-likeness (QED) is 0.844. The lowest BCUT2D eigenvalue weighted by molar-refractivity contribution is -0.120. The smallest absolute Gasteiger partial charge is 0.227 e.